The molecule has 238 valence electrons. The van der Waals surface area contributed by atoms with Crippen molar-refractivity contribution in [3.05, 3.63) is 72.1 Å². The van der Waals surface area contributed by atoms with Gasteiger partial charge in [0.05, 0.1) is 32.9 Å². The molecule has 1 N–H and O–H groups in total. The summed E-state index contributed by atoms with van der Waals surface area (Å²) in [6.45, 7) is 4.91. The first-order valence-corrected chi connectivity index (χ1v) is 15.3. The number of nitrogens with one attached hydrogen (secondary N) is 1. The molecule has 4 aromatic rings. The fraction of sp³-hybridized carbons (Fsp3) is 0.412. The van der Waals surface area contributed by atoms with Gasteiger partial charge in [0.15, 0.2) is 11.5 Å². The van der Waals surface area contributed by atoms with Gasteiger partial charge in [0.25, 0.3) is 0 Å². The zero-order chi connectivity index (χ0) is 31.6. The Morgan fingerprint density at radius 1 is 0.911 bits per heavy atom. The Hall–Kier alpha value is -4.25. The quantitative estimate of drug-likeness (QED) is 0.265. The molecular weight excluding hydrogens is 583 g/mol. The predicted octanol–water partition coefficient (Wildman–Crippen LogP) is 5.88. The zero-order valence-corrected chi connectivity index (χ0v) is 25.6. The first-order valence-electron chi connectivity index (χ1n) is 15.3. The summed E-state index contributed by atoms with van der Waals surface area (Å²) in [4.78, 5) is 26.8. The number of ether oxygens (including phenoxy) is 2. The van der Waals surface area contributed by atoms with E-state index in [1.807, 2.05) is 35.2 Å². The standard InChI is InChI=1S/C34H38F3N5O3/c1-44-30-6-4-25(20-31(30)45-2)33-28(21-34(35,36)37)27-19-24(3-5-29(27)39-33)23-9-13-40(14-10-23)22-32(43)42-17-15-41(16-18-42)26-7-11-38-12-8-26/h3-8,11-12,19-20,23,39H,9-10,13-18,21-22H2,1-2H3. The fourth-order valence-electron chi connectivity index (χ4n) is 6.63. The molecule has 1 amide bonds. The summed E-state index contributed by atoms with van der Waals surface area (Å²) >= 11 is 0. The van der Waals surface area contributed by atoms with Crippen molar-refractivity contribution in [3.8, 4) is 22.8 Å². The number of methoxy groups -OCH3 is 2. The number of carbonyl (C=O) groups is 1. The van der Waals surface area contributed by atoms with Crippen molar-refractivity contribution in [3.63, 3.8) is 0 Å². The molecule has 0 spiro atoms. The smallest absolute Gasteiger partial charge is 0.393 e. The van der Waals surface area contributed by atoms with E-state index in [-0.39, 0.29) is 17.4 Å². The van der Waals surface area contributed by atoms with E-state index in [4.69, 9.17) is 9.47 Å². The highest BCUT2D eigenvalue weighted by atomic mass is 19.4. The lowest BCUT2D eigenvalue weighted by Crippen LogP contribution is -2.51. The number of halogens is 3. The summed E-state index contributed by atoms with van der Waals surface area (Å²) in [6.07, 6.45) is -0.165. The van der Waals surface area contributed by atoms with Gasteiger partial charge in [-0.25, -0.2) is 0 Å². The summed E-state index contributed by atoms with van der Waals surface area (Å²) in [6, 6.07) is 14.9. The summed E-state index contributed by atoms with van der Waals surface area (Å²) in [5.74, 6) is 1.32. The number of benzene rings is 2. The number of nitrogens with zero attached hydrogens (tertiary/aromatic N) is 4. The maximum absolute atomic E-state index is 13.8. The SMILES string of the molecule is COc1ccc(-c2[nH]c3ccc(C4CCN(CC(=O)N5CCN(c6ccncc6)CC5)CC4)cc3c2CC(F)(F)F)cc1OC. The van der Waals surface area contributed by atoms with Gasteiger partial charge in [0.2, 0.25) is 5.91 Å². The lowest BCUT2D eigenvalue weighted by atomic mass is 9.88. The van der Waals surface area contributed by atoms with E-state index >= 15 is 0 Å². The highest BCUT2D eigenvalue weighted by Gasteiger charge is 2.32. The number of piperidine rings is 1. The molecule has 2 saturated heterocycles. The zero-order valence-electron chi connectivity index (χ0n) is 25.6. The minimum atomic E-state index is -4.38. The maximum atomic E-state index is 13.8. The van der Waals surface area contributed by atoms with Crippen molar-refractivity contribution in [1.82, 2.24) is 19.8 Å². The molecule has 0 bridgehead atoms. The van der Waals surface area contributed by atoms with Gasteiger partial charge in [-0.1, -0.05) is 6.07 Å². The number of alkyl halides is 3. The predicted molar refractivity (Wildman–Crippen MR) is 168 cm³/mol. The Kier molecular flexibility index (Phi) is 8.89. The molecule has 2 fully saturated rings. The molecule has 2 aromatic carbocycles. The fourth-order valence-corrected chi connectivity index (χ4v) is 6.63. The summed E-state index contributed by atoms with van der Waals surface area (Å²) in [5.41, 5.74) is 4.06. The van der Waals surface area contributed by atoms with Crippen LogP contribution in [0.2, 0.25) is 0 Å². The molecule has 0 radical (unpaired) electrons. The second kappa shape index (κ2) is 13.0. The molecule has 45 heavy (non-hydrogen) atoms. The molecule has 0 atom stereocenters. The second-order valence-corrected chi connectivity index (χ2v) is 11.8. The van der Waals surface area contributed by atoms with E-state index in [0.717, 1.165) is 50.3 Å². The highest BCUT2D eigenvalue weighted by molar-refractivity contribution is 5.92. The topological polar surface area (TPSA) is 73.9 Å². The number of rotatable bonds is 8. The van der Waals surface area contributed by atoms with E-state index in [2.05, 4.69) is 19.8 Å². The third-order valence-electron chi connectivity index (χ3n) is 9.06. The lowest BCUT2D eigenvalue weighted by Gasteiger charge is -2.38. The van der Waals surface area contributed by atoms with Gasteiger partial charge in [-0.3, -0.25) is 14.7 Å². The number of aromatic nitrogens is 2. The molecule has 2 aliphatic rings. The number of likely N-dealkylation sites (tertiary alicyclic amines) is 1. The number of aromatic amines is 1. The van der Waals surface area contributed by atoms with Gasteiger partial charge in [-0.2, -0.15) is 13.2 Å². The number of H-pyrrole nitrogens is 1. The molecule has 2 aliphatic heterocycles. The van der Waals surface area contributed by atoms with Crippen LogP contribution in [-0.2, 0) is 11.2 Å². The molecule has 0 saturated carbocycles. The van der Waals surface area contributed by atoms with Gasteiger partial charge in [0, 0.05) is 60.7 Å². The third-order valence-corrected chi connectivity index (χ3v) is 9.06. The summed E-state index contributed by atoms with van der Waals surface area (Å²) in [7, 11) is 3.02. The van der Waals surface area contributed by atoms with Crippen LogP contribution < -0.4 is 14.4 Å². The summed E-state index contributed by atoms with van der Waals surface area (Å²) in [5, 5.41) is 0.582. The van der Waals surface area contributed by atoms with Crippen LogP contribution in [0.3, 0.4) is 0 Å². The summed E-state index contributed by atoms with van der Waals surface area (Å²) < 4.78 is 52.2. The number of anilines is 1. The number of fused-ring (bicyclic) bond motifs is 1. The monoisotopic (exact) mass is 621 g/mol. The van der Waals surface area contributed by atoms with Crippen LogP contribution in [0.4, 0.5) is 18.9 Å². The highest BCUT2D eigenvalue weighted by Crippen LogP contribution is 2.40. The number of hydrogen-bond acceptors (Lipinski definition) is 6. The van der Waals surface area contributed by atoms with Crippen molar-refractivity contribution < 1.29 is 27.4 Å². The van der Waals surface area contributed by atoms with Crippen LogP contribution in [0.15, 0.2) is 60.9 Å². The van der Waals surface area contributed by atoms with Crippen LogP contribution in [0.25, 0.3) is 22.2 Å². The Balaban J connectivity index is 1.12. The molecule has 0 aliphatic carbocycles. The number of amides is 1. The molecule has 6 rings (SSSR count). The number of carbonyl (C=O) groups excluding carboxylic acids is 1. The van der Waals surface area contributed by atoms with Crippen molar-refractivity contribution >= 4 is 22.5 Å². The second-order valence-electron chi connectivity index (χ2n) is 11.8. The largest absolute Gasteiger partial charge is 0.493 e. The number of hydrogen-bond donors (Lipinski definition) is 1. The van der Waals surface area contributed by atoms with Gasteiger partial charge >= 0.3 is 6.18 Å². The Labute approximate surface area is 260 Å². The van der Waals surface area contributed by atoms with Gasteiger partial charge < -0.3 is 24.3 Å². The molecule has 8 nitrogen and oxygen atoms in total. The Morgan fingerprint density at radius 3 is 2.29 bits per heavy atom. The van der Waals surface area contributed by atoms with Crippen LogP contribution in [0.5, 0.6) is 11.5 Å². The van der Waals surface area contributed by atoms with Crippen molar-refractivity contribution in [2.24, 2.45) is 0 Å². The average Bonchev–Trinajstić information content (AvgIpc) is 3.41. The van der Waals surface area contributed by atoms with Crippen LogP contribution in [0, 0.1) is 0 Å². The molecule has 11 heteroatoms. The van der Waals surface area contributed by atoms with E-state index in [1.165, 1.54) is 14.2 Å². The maximum Gasteiger partial charge on any atom is 0.393 e. The lowest BCUT2D eigenvalue weighted by molar-refractivity contribution is -0.133. The normalized spacial score (nSPS) is 16.7. The first kappa shape index (κ1) is 30.8. The average molecular weight is 622 g/mol. The minimum Gasteiger partial charge on any atom is -0.493 e. The van der Waals surface area contributed by atoms with Gasteiger partial charge in [-0.05, 0) is 85.4 Å². The molecule has 0 unspecified atom stereocenters. The molecule has 2 aromatic heterocycles. The van der Waals surface area contributed by atoms with Crippen molar-refractivity contribution in [2.45, 2.75) is 31.4 Å². The van der Waals surface area contributed by atoms with Gasteiger partial charge in [0.1, 0.15) is 0 Å². The van der Waals surface area contributed by atoms with Crippen LogP contribution >= 0.6 is 0 Å². The molecule has 4 heterocycles. The van der Waals surface area contributed by atoms with Crippen LogP contribution in [0.1, 0.15) is 29.9 Å². The third kappa shape index (κ3) is 6.88. The van der Waals surface area contributed by atoms with E-state index in [1.54, 1.807) is 30.6 Å². The molecular formula is C34H38F3N5O3. The van der Waals surface area contributed by atoms with Crippen molar-refractivity contribution in [1.29, 1.82) is 0 Å². The number of pyridine rings is 1. The van der Waals surface area contributed by atoms with Gasteiger partial charge in [-0.15, -0.1) is 0 Å². The number of piperazine rings is 1. The van der Waals surface area contributed by atoms with E-state index < -0.39 is 12.6 Å². The van der Waals surface area contributed by atoms with E-state index in [0.29, 0.717) is 53.3 Å². The first-order chi connectivity index (χ1) is 21.7. The Bertz CT molecular complexity index is 1630. The van der Waals surface area contributed by atoms with E-state index in [9.17, 15) is 18.0 Å². The van der Waals surface area contributed by atoms with Crippen molar-refractivity contribution in [2.75, 3.05) is 64.9 Å². The Morgan fingerprint density at radius 2 is 1.62 bits per heavy atom. The van der Waals surface area contributed by atoms with Crippen LogP contribution in [-0.4, -0.2) is 91.9 Å². The minimum absolute atomic E-state index is 0.149.